The minimum atomic E-state index is -3.18. The van der Waals surface area contributed by atoms with Gasteiger partial charge in [-0.05, 0) is 49.8 Å². The predicted octanol–water partition coefficient (Wildman–Crippen LogP) is 4.83. The van der Waals surface area contributed by atoms with Crippen LogP contribution in [0, 0.1) is 0 Å². The van der Waals surface area contributed by atoms with E-state index in [-0.39, 0.29) is 0 Å². The average Bonchev–Trinajstić information content (AvgIpc) is 2.68. The van der Waals surface area contributed by atoms with Gasteiger partial charge in [-0.3, -0.25) is 4.57 Å². The first-order valence-electron chi connectivity index (χ1n) is 8.99. The number of likely N-dealkylation sites (N-methyl/N-ethyl adjacent to an activating group) is 1. The Morgan fingerprint density at radius 1 is 1.07 bits per heavy atom. The van der Waals surface area contributed by atoms with Crippen molar-refractivity contribution in [3.05, 3.63) is 60.0 Å². The van der Waals surface area contributed by atoms with Gasteiger partial charge in [0.05, 0.1) is 19.8 Å². The number of ether oxygens (including phenoxy) is 1. The van der Waals surface area contributed by atoms with E-state index in [1.807, 2.05) is 54.4 Å². The quantitative estimate of drug-likeness (QED) is 0.512. The topological polar surface area (TPSA) is 60.9 Å². The summed E-state index contributed by atoms with van der Waals surface area (Å²) in [4.78, 5) is 6.34. The van der Waals surface area contributed by atoms with E-state index in [4.69, 9.17) is 13.8 Å². The van der Waals surface area contributed by atoms with Gasteiger partial charge in [0.2, 0.25) is 0 Å². The number of hydrogen-bond acceptors (Lipinski definition) is 6. The van der Waals surface area contributed by atoms with Crippen molar-refractivity contribution in [1.29, 1.82) is 0 Å². The van der Waals surface area contributed by atoms with Crippen LogP contribution >= 0.6 is 7.60 Å². The first-order chi connectivity index (χ1) is 13.1. The smallest absolute Gasteiger partial charge is 0.354 e. The summed E-state index contributed by atoms with van der Waals surface area (Å²) in [6, 6.07) is 13.4. The summed E-state index contributed by atoms with van der Waals surface area (Å²) < 4.78 is 28.7. The van der Waals surface area contributed by atoms with E-state index in [2.05, 4.69) is 4.98 Å². The summed E-state index contributed by atoms with van der Waals surface area (Å²) in [6.45, 7) is 5.52. The Labute approximate surface area is 161 Å². The van der Waals surface area contributed by atoms with Gasteiger partial charge in [0, 0.05) is 19.1 Å². The van der Waals surface area contributed by atoms with Crippen molar-refractivity contribution in [1.82, 2.24) is 4.98 Å². The van der Waals surface area contributed by atoms with E-state index in [0.717, 1.165) is 23.7 Å². The van der Waals surface area contributed by atoms with Gasteiger partial charge in [0.25, 0.3) is 0 Å². The van der Waals surface area contributed by atoms with Crippen molar-refractivity contribution in [3.8, 4) is 5.75 Å². The molecule has 0 N–H and O–H groups in total. The van der Waals surface area contributed by atoms with Crippen LogP contribution in [0.5, 0.6) is 5.75 Å². The van der Waals surface area contributed by atoms with Crippen LogP contribution in [0.2, 0.25) is 0 Å². The molecule has 0 amide bonds. The van der Waals surface area contributed by atoms with Crippen molar-refractivity contribution in [2.75, 3.05) is 38.3 Å². The molecule has 0 fully saturated rings. The van der Waals surface area contributed by atoms with Gasteiger partial charge in [0.15, 0.2) is 0 Å². The molecule has 1 aromatic heterocycles. The van der Waals surface area contributed by atoms with Crippen LogP contribution in [0.1, 0.15) is 19.4 Å². The van der Waals surface area contributed by atoms with Crippen molar-refractivity contribution >= 4 is 19.5 Å². The Balaban J connectivity index is 1.86. The Kier molecular flexibility index (Phi) is 8.52. The first kappa shape index (κ1) is 21.2. The fourth-order valence-electron chi connectivity index (χ4n) is 2.33. The molecule has 0 aliphatic heterocycles. The highest BCUT2D eigenvalue weighted by molar-refractivity contribution is 7.57. The predicted molar refractivity (Wildman–Crippen MR) is 109 cm³/mol. The molecule has 0 spiro atoms. The molecule has 0 aliphatic rings. The van der Waals surface area contributed by atoms with Crippen molar-refractivity contribution < 1.29 is 18.3 Å². The summed E-state index contributed by atoms with van der Waals surface area (Å²) >= 11 is 0. The summed E-state index contributed by atoms with van der Waals surface area (Å²) in [5, 5.41) is 0. The number of benzene rings is 1. The summed E-state index contributed by atoms with van der Waals surface area (Å²) in [5.74, 6) is 3.19. The lowest BCUT2D eigenvalue weighted by Gasteiger charge is -2.18. The molecule has 0 bridgehead atoms. The van der Waals surface area contributed by atoms with Gasteiger partial charge in [-0.15, -0.1) is 0 Å². The van der Waals surface area contributed by atoms with Crippen molar-refractivity contribution in [2.24, 2.45) is 0 Å². The normalized spacial score (nSPS) is 11.7. The highest BCUT2D eigenvalue weighted by atomic mass is 31.2. The second-order valence-corrected chi connectivity index (χ2v) is 7.61. The number of pyridine rings is 1. The second kappa shape index (κ2) is 10.9. The lowest BCUT2D eigenvalue weighted by Crippen LogP contribution is -2.24. The highest BCUT2D eigenvalue weighted by Crippen LogP contribution is 2.50. The Morgan fingerprint density at radius 3 is 2.37 bits per heavy atom. The fraction of sp³-hybridized carbons (Fsp3) is 0.350. The zero-order valence-electron chi connectivity index (χ0n) is 16.1. The molecule has 1 aromatic carbocycles. The number of rotatable bonds is 11. The molecule has 0 aliphatic carbocycles. The van der Waals surface area contributed by atoms with E-state index in [1.165, 1.54) is 5.82 Å². The van der Waals surface area contributed by atoms with Gasteiger partial charge in [0.1, 0.15) is 18.2 Å². The number of anilines is 1. The molecule has 7 heteroatoms. The SMILES string of the molecule is CCOP(=O)(C=Cc1ccc(OCCN(C)c2ccccn2)cc1)OCC. The minimum Gasteiger partial charge on any atom is -0.492 e. The average molecular weight is 390 g/mol. The van der Waals surface area contributed by atoms with Crippen molar-refractivity contribution in [2.45, 2.75) is 13.8 Å². The summed E-state index contributed by atoms with van der Waals surface area (Å²) in [7, 11) is -1.20. The Bertz CT molecular complexity index is 740. The standard InChI is InChI=1S/C20H27N2O4P/c1-4-25-27(23,26-5-2)17-13-18-9-11-19(12-10-18)24-16-15-22(3)20-8-6-7-14-21-20/h6-14,17H,4-5,15-16H2,1-3H3. The van der Waals surface area contributed by atoms with Crippen LogP contribution in [0.15, 0.2) is 54.5 Å². The number of nitrogens with zero attached hydrogens (tertiary/aromatic N) is 2. The zero-order valence-corrected chi connectivity index (χ0v) is 17.0. The van der Waals surface area contributed by atoms with Gasteiger partial charge >= 0.3 is 7.60 Å². The monoisotopic (exact) mass is 390 g/mol. The molecule has 2 aromatic rings. The summed E-state index contributed by atoms with van der Waals surface area (Å²) in [6.07, 6.45) is 3.51. The molecule has 1 heterocycles. The molecule has 0 unspecified atom stereocenters. The van der Waals surface area contributed by atoms with E-state index in [9.17, 15) is 4.57 Å². The van der Waals surface area contributed by atoms with Gasteiger partial charge in [-0.2, -0.15) is 0 Å². The first-order valence-corrected chi connectivity index (χ1v) is 10.6. The van der Waals surface area contributed by atoms with Gasteiger partial charge in [-0.25, -0.2) is 4.98 Å². The zero-order chi connectivity index (χ0) is 19.5. The third-order valence-electron chi connectivity index (χ3n) is 3.68. The Morgan fingerprint density at radius 2 is 1.78 bits per heavy atom. The van der Waals surface area contributed by atoms with E-state index in [1.54, 1.807) is 26.1 Å². The van der Waals surface area contributed by atoms with Crippen molar-refractivity contribution in [3.63, 3.8) is 0 Å². The lowest BCUT2D eigenvalue weighted by molar-refractivity contribution is 0.229. The molecule has 6 nitrogen and oxygen atoms in total. The van der Waals surface area contributed by atoms with Crippen LogP contribution in [-0.2, 0) is 13.6 Å². The third-order valence-corrected chi connectivity index (χ3v) is 5.43. The second-order valence-electron chi connectivity index (χ2n) is 5.72. The largest absolute Gasteiger partial charge is 0.492 e. The van der Waals surface area contributed by atoms with Gasteiger partial charge < -0.3 is 18.7 Å². The van der Waals surface area contributed by atoms with E-state index < -0.39 is 7.60 Å². The molecule has 146 valence electrons. The molecule has 0 radical (unpaired) electrons. The molecule has 27 heavy (non-hydrogen) atoms. The molecule has 2 rings (SSSR count). The lowest BCUT2D eigenvalue weighted by atomic mass is 10.2. The van der Waals surface area contributed by atoms with E-state index in [0.29, 0.717) is 19.8 Å². The number of aromatic nitrogens is 1. The molecular formula is C20H27N2O4P. The van der Waals surface area contributed by atoms with Crippen LogP contribution in [-0.4, -0.2) is 38.4 Å². The molecule has 0 saturated heterocycles. The maximum absolute atomic E-state index is 12.4. The van der Waals surface area contributed by atoms with Crippen LogP contribution in [0.25, 0.3) is 6.08 Å². The highest BCUT2D eigenvalue weighted by Gasteiger charge is 2.18. The summed E-state index contributed by atoms with van der Waals surface area (Å²) in [5.41, 5.74) is 0.896. The minimum absolute atomic E-state index is 0.335. The third kappa shape index (κ3) is 7.18. The van der Waals surface area contributed by atoms with Crippen LogP contribution in [0.4, 0.5) is 5.82 Å². The fourth-order valence-corrected chi connectivity index (χ4v) is 3.65. The van der Waals surface area contributed by atoms with Crippen LogP contribution < -0.4 is 9.64 Å². The maximum atomic E-state index is 12.4. The number of hydrogen-bond donors (Lipinski definition) is 0. The molecule has 0 atom stereocenters. The van der Waals surface area contributed by atoms with Gasteiger partial charge in [-0.1, -0.05) is 18.2 Å². The molecule has 0 saturated carbocycles. The maximum Gasteiger partial charge on any atom is 0.354 e. The Hall–Kier alpha value is -2.14. The molecular weight excluding hydrogens is 363 g/mol. The van der Waals surface area contributed by atoms with Crippen LogP contribution in [0.3, 0.4) is 0 Å². The van der Waals surface area contributed by atoms with E-state index >= 15 is 0 Å².